The summed E-state index contributed by atoms with van der Waals surface area (Å²) in [5, 5.41) is 32.7. The van der Waals surface area contributed by atoms with Gasteiger partial charge in [-0.25, -0.2) is 0 Å². The van der Waals surface area contributed by atoms with Gasteiger partial charge in [0.2, 0.25) is 0 Å². The van der Waals surface area contributed by atoms with Crippen molar-refractivity contribution in [3.8, 4) is 5.75 Å². The lowest BCUT2D eigenvalue weighted by Gasteiger charge is -2.09. The lowest BCUT2D eigenvalue weighted by molar-refractivity contribution is -0.393. The number of hydrogen-bond donors (Lipinski definition) is 2. The number of anilines is 1. The van der Waals surface area contributed by atoms with E-state index in [1.807, 2.05) is 0 Å². The maximum Gasteiger partial charge on any atom is 0.311 e. The third-order valence-electron chi connectivity index (χ3n) is 3.34. The highest BCUT2D eigenvalue weighted by Gasteiger charge is 2.21. The first kappa shape index (κ1) is 19.0. The van der Waals surface area contributed by atoms with E-state index in [-0.39, 0.29) is 17.0 Å². The molecule has 0 aliphatic carbocycles. The molecule has 0 fully saturated rings. The monoisotopic (exact) mass is 377 g/mol. The molecule has 0 aliphatic heterocycles. The van der Waals surface area contributed by atoms with Crippen LogP contribution in [0.15, 0.2) is 36.4 Å². The highest BCUT2D eigenvalue weighted by Crippen LogP contribution is 2.29. The average molecular weight is 377 g/mol. The summed E-state index contributed by atoms with van der Waals surface area (Å²) in [7, 11) is 1.23. The van der Waals surface area contributed by atoms with E-state index in [0.717, 1.165) is 24.3 Å². The Kier molecular flexibility index (Phi) is 5.45. The number of methoxy groups -OCH3 is 1. The van der Waals surface area contributed by atoms with Crippen molar-refractivity contribution in [2.45, 2.75) is 0 Å². The van der Waals surface area contributed by atoms with Crippen molar-refractivity contribution in [2.75, 3.05) is 12.5 Å². The van der Waals surface area contributed by atoms with Gasteiger partial charge in [-0.15, -0.1) is 0 Å². The molecule has 0 aliphatic rings. The number of nitro groups is 3. The number of hydrogen-bond acceptors (Lipinski definition) is 9. The SMILES string of the molecule is COc1ccc(C(=O)NNc2ccc([N+](=O)[O-])cc2[N+](=O)[O-])cc1[N+](=O)[O-]. The van der Waals surface area contributed by atoms with Gasteiger partial charge in [0.1, 0.15) is 5.69 Å². The Morgan fingerprint density at radius 2 is 1.59 bits per heavy atom. The van der Waals surface area contributed by atoms with Gasteiger partial charge in [0, 0.05) is 17.7 Å². The van der Waals surface area contributed by atoms with E-state index in [0.29, 0.717) is 0 Å². The van der Waals surface area contributed by atoms with Crippen LogP contribution in [0.3, 0.4) is 0 Å². The minimum absolute atomic E-state index is 0.0458. The molecule has 0 heterocycles. The van der Waals surface area contributed by atoms with Gasteiger partial charge < -0.3 is 4.74 Å². The molecule has 0 unspecified atom stereocenters. The van der Waals surface area contributed by atoms with E-state index in [2.05, 4.69) is 10.9 Å². The van der Waals surface area contributed by atoms with Crippen molar-refractivity contribution in [3.05, 3.63) is 72.3 Å². The van der Waals surface area contributed by atoms with Gasteiger partial charge in [0.15, 0.2) is 5.75 Å². The smallest absolute Gasteiger partial charge is 0.311 e. The molecule has 0 aromatic heterocycles. The third-order valence-corrected chi connectivity index (χ3v) is 3.34. The van der Waals surface area contributed by atoms with Crippen molar-refractivity contribution in [1.82, 2.24) is 5.43 Å². The number of hydrazine groups is 1. The van der Waals surface area contributed by atoms with E-state index >= 15 is 0 Å². The molecule has 0 spiro atoms. The highest BCUT2D eigenvalue weighted by atomic mass is 16.6. The van der Waals surface area contributed by atoms with Crippen LogP contribution < -0.4 is 15.6 Å². The molecule has 2 N–H and O–H groups in total. The summed E-state index contributed by atoms with van der Waals surface area (Å²) in [5.74, 6) is -0.871. The first-order valence-electron chi connectivity index (χ1n) is 7.06. The molecule has 0 atom stereocenters. The van der Waals surface area contributed by atoms with Crippen LogP contribution in [0, 0.1) is 30.3 Å². The summed E-state index contributed by atoms with van der Waals surface area (Å²) in [6.07, 6.45) is 0. The van der Waals surface area contributed by atoms with E-state index < -0.39 is 37.7 Å². The molecular weight excluding hydrogens is 366 g/mol. The second kappa shape index (κ2) is 7.73. The predicted octanol–water partition coefficient (Wildman–Crippen LogP) is 2.18. The summed E-state index contributed by atoms with van der Waals surface area (Å²) in [5.41, 5.74) is 2.52. The Balaban J connectivity index is 2.23. The van der Waals surface area contributed by atoms with Gasteiger partial charge in [-0.2, -0.15) is 0 Å². The zero-order valence-electron chi connectivity index (χ0n) is 13.6. The number of nitrogens with one attached hydrogen (secondary N) is 2. The minimum Gasteiger partial charge on any atom is -0.490 e. The fourth-order valence-electron chi connectivity index (χ4n) is 2.06. The largest absolute Gasteiger partial charge is 0.490 e. The maximum absolute atomic E-state index is 12.1. The van der Waals surface area contributed by atoms with Crippen molar-refractivity contribution in [3.63, 3.8) is 0 Å². The summed E-state index contributed by atoms with van der Waals surface area (Å²) < 4.78 is 4.82. The van der Waals surface area contributed by atoms with Crippen LogP contribution in [0.4, 0.5) is 22.7 Å². The first-order valence-corrected chi connectivity index (χ1v) is 7.06. The summed E-state index contributed by atoms with van der Waals surface area (Å²) >= 11 is 0. The lowest BCUT2D eigenvalue weighted by atomic mass is 10.2. The van der Waals surface area contributed by atoms with E-state index in [1.54, 1.807) is 0 Å². The van der Waals surface area contributed by atoms with Gasteiger partial charge in [-0.3, -0.25) is 46.0 Å². The molecule has 140 valence electrons. The zero-order chi connectivity index (χ0) is 20.1. The first-order chi connectivity index (χ1) is 12.7. The molecular formula is C14H11N5O8. The Labute approximate surface area is 150 Å². The molecule has 1 amide bonds. The Bertz CT molecular complexity index is 945. The molecule has 0 radical (unpaired) electrons. The molecule has 0 saturated heterocycles. The van der Waals surface area contributed by atoms with Gasteiger partial charge >= 0.3 is 11.4 Å². The minimum atomic E-state index is -0.861. The average Bonchev–Trinajstić information content (AvgIpc) is 2.65. The number of nitrogens with zero attached hydrogens (tertiary/aromatic N) is 3. The van der Waals surface area contributed by atoms with Crippen LogP contribution >= 0.6 is 0 Å². The van der Waals surface area contributed by atoms with Crippen molar-refractivity contribution in [2.24, 2.45) is 0 Å². The van der Waals surface area contributed by atoms with E-state index in [1.165, 1.54) is 19.2 Å². The fraction of sp³-hybridized carbons (Fsp3) is 0.0714. The molecule has 0 saturated carbocycles. The molecule has 2 aromatic carbocycles. The number of carbonyl (C=O) groups excluding carboxylic acids is 1. The summed E-state index contributed by atoms with van der Waals surface area (Å²) in [6.45, 7) is 0. The standard InChI is InChI=1S/C14H11N5O8/c1-27-13-5-2-8(6-12(13)19(25)26)14(20)16-15-10-4-3-9(17(21)22)7-11(10)18(23)24/h2-7,15H,1H3,(H,16,20). The van der Waals surface area contributed by atoms with Crippen LogP contribution in [0.5, 0.6) is 5.75 Å². The molecule has 27 heavy (non-hydrogen) atoms. The molecule has 2 aromatic rings. The van der Waals surface area contributed by atoms with Crippen LogP contribution in [0.25, 0.3) is 0 Å². The van der Waals surface area contributed by atoms with Gasteiger partial charge in [-0.1, -0.05) is 0 Å². The summed E-state index contributed by atoms with van der Waals surface area (Å²) in [6, 6.07) is 6.24. The lowest BCUT2D eigenvalue weighted by Crippen LogP contribution is -2.29. The molecule has 13 heteroatoms. The number of benzene rings is 2. The zero-order valence-corrected chi connectivity index (χ0v) is 13.6. The highest BCUT2D eigenvalue weighted by molar-refractivity contribution is 5.96. The quantitative estimate of drug-likeness (QED) is 0.540. The Morgan fingerprint density at radius 1 is 0.926 bits per heavy atom. The fourth-order valence-corrected chi connectivity index (χ4v) is 2.06. The number of carbonyl (C=O) groups is 1. The Morgan fingerprint density at radius 3 is 2.15 bits per heavy atom. The normalized spacial score (nSPS) is 9.96. The number of ether oxygens (including phenoxy) is 1. The molecule has 2 rings (SSSR count). The van der Waals surface area contributed by atoms with Gasteiger partial charge in [-0.05, 0) is 18.2 Å². The van der Waals surface area contributed by atoms with Crippen LogP contribution in [0.1, 0.15) is 10.4 Å². The summed E-state index contributed by atoms with van der Waals surface area (Å²) in [4.78, 5) is 42.5. The van der Waals surface area contributed by atoms with E-state index in [4.69, 9.17) is 4.74 Å². The van der Waals surface area contributed by atoms with Crippen molar-refractivity contribution < 1.29 is 24.3 Å². The molecule has 13 nitrogen and oxygen atoms in total. The van der Waals surface area contributed by atoms with Gasteiger partial charge in [0.05, 0.1) is 27.9 Å². The predicted molar refractivity (Wildman–Crippen MR) is 90.5 cm³/mol. The molecule has 0 bridgehead atoms. The second-order valence-electron chi connectivity index (χ2n) is 4.94. The van der Waals surface area contributed by atoms with Crippen LogP contribution in [-0.4, -0.2) is 27.8 Å². The number of nitro benzene ring substituents is 3. The number of rotatable bonds is 7. The number of amides is 1. The van der Waals surface area contributed by atoms with E-state index in [9.17, 15) is 35.1 Å². The van der Waals surface area contributed by atoms with Gasteiger partial charge in [0.25, 0.3) is 11.6 Å². The number of non-ortho nitro benzene ring substituents is 1. The maximum atomic E-state index is 12.1. The van der Waals surface area contributed by atoms with Crippen LogP contribution in [-0.2, 0) is 0 Å². The third kappa shape index (κ3) is 4.22. The van der Waals surface area contributed by atoms with Crippen molar-refractivity contribution >= 4 is 28.7 Å². The van der Waals surface area contributed by atoms with Crippen LogP contribution in [0.2, 0.25) is 0 Å². The van der Waals surface area contributed by atoms with Crippen molar-refractivity contribution in [1.29, 1.82) is 0 Å². The topological polar surface area (TPSA) is 180 Å². The second-order valence-corrected chi connectivity index (χ2v) is 4.94. The Hall–Kier alpha value is -4.29.